The van der Waals surface area contributed by atoms with Gasteiger partial charge in [-0.3, -0.25) is 9.69 Å². The van der Waals surface area contributed by atoms with Gasteiger partial charge < -0.3 is 5.11 Å². The Bertz CT molecular complexity index is 151. The fourth-order valence-electron chi connectivity index (χ4n) is 1.45. The molecule has 1 aliphatic rings. The highest BCUT2D eigenvalue weighted by molar-refractivity contribution is 14.1. The fraction of sp³-hybridized carbons (Fsp3) is 0.857. The average molecular weight is 269 g/mol. The number of halogens is 1. The van der Waals surface area contributed by atoms with Crippen molar-refractivity contribution >= 4 is 28.6 Å². The first kappa shape index (κ1) is 9.25. The quantitative estimate of drug-likeness (QED) is 0.613. The zero-order chi connectivity index (χ0) is 8.27. The van der Waals surface area contributed by atoms with Gasteiger partial charge in [0.15, 0.2) is 0 Å². The summed E-state index contributed by atoms with van der Waals surface area (Å²) in [5, 5.41) is 8.54. The van der Waals surface area contributed by atoms with Gasteiger partial charge in [0.05, 0.1) is 6.54 Å². The number of carboxylic acid groups (broad SMARTS) is 1. The molecule has 0 unspecified atom stereocenters. The van der Waals surface area contributed by atoms with Gasteiger partial charge in [0, 0.05) is 10.5 Å². The maximum absolute atomic E-state index is 10.4. The average Bonchev–Trinajstić information content (AvgIpc) is 2.34. The first-order valence-electron chi connectivity index (χ1n) is 3.76. The lowest BCUT2D eigenvalue weighted by Gasteiger charge is -2.19. The highest BCUT2D eigenvalue weighted by atomic mass is 127. The summed E-state index contributed by atoms with van der Waals surface area (Å²) < 4.78 is 1.05. The third kappa shape index (κ3) is 2.59. The molecule has 1 heterocycles. The highest BCUT2D eigenvalue weighted by Crippen LogP contribution is 2.18. The monoisotopic (exact) mass is 269 g/mol. The van der Waals surface area contributed by atoms with E-state index in [0.29, 0.717) is 6.04 Å². The summed E-state index contributed by atoms with van der Waals surface area (Å²) in [4.78, 5) is 12.4. The second kappa shape index (κ2) is 4.25. The molecule has 1 N–H and O–H groups in total. The molecule has 0 aromatic rings. The minimum Gasteiger partial charge on any atom is -0.480 e. The second-order valence-electron chi connectivity index (χ2n) is 2.81. The third-order valence-electron chi connectivity index (χ3n) is 2.02. The molecule has 0 bridgehead atoms. The van der Waals surface area contributed by atoms with Gasteiger partial charge in [-0.05, 0) is 19.4 Å². The summed E-state index contributed by atoms with van der Waals surface area (Å²) in [5.41, 5.74) is 0. The van der Waals surface area contributed by atoms with Crippen LogP contribution in [0.2, 0.25) is 0 Å². The van der Waals surface area contributed by atoms with Crippen molar-refractivity contribution in [2.75, 3.05) is 17.5 Å². The Morgan fingerprint density at radius 3 is 3.00 bits per heavy atom. The van der Waals surface area contributed by atoms with E-state index in [-0.39, 0.29) is 6.54 Å². The molecule has 0 spiro atoms. The first-order valence-corrected chi connectivity index (χ1v) is 5.28. The summed E-state index contributed by atoms with van der Waals surface area (Å²) in [6.45, 7) is 1.17. The normalized spacial score (nSPS) is 25.7. The third-order valence-corrected chi connectivity index (χ3v) is 3.03. The van der Waals surface area contributed by atoms with Gasteiger partial charge in [-0.2, -0.15) is 0 Å². The maximum atomic E-state index is 10.4. The van der Waals surface area contributed by atoms with E-state index in [9.17, 15) is 4.79 Å². The van der Waals surface area contributed by atoms with Crippen molar-refractivity contribution in [2.45, 2.75) is 18.9 Å². The van der Waals surface area contributed by atoms with Gasteiger partial charge in [0.2, 0.25) is 0 Å². The van der Waals surface area contributed by atoms with Gasteiger partial charge in [-0.25, -0.2) is 0 Å². The molecule has 0 aliphatic carbocycles. The molecule has 0 aromatic heterocycles. The number of hydrogen-bond acceptors (Lipinski definition) is 2. The lowest BCUT2D eigenvalue weighted by atomic mass is 10.2. The van der Waals surface area contributed by atoms with Crippen LogP contribution in [0.4, 0.5) is 0 Å². The molecule has 1 fully saturated rings. The molecule has 0 radical (unpaired) electrons. The summed E-state index contributed by atoms with van der Waals surface area (Å²) in [6.07, 6.45) is 2.32. The summed E-state index contributed by atoms with van der Waals surface area (Å²) in [6, 6.07) is 0.506. The van der Waals surface area contributed by atoms with Crippen LogP contribution in [-0.2, 0) is 4.79 Å². The second-order valence-corrected chi connectivity index (χ2v) is 3.70. The Hall–Kier alpha value is 0.160. The van der Waals surface area contributed by atoms with Gasteiger partial charge >= 0.3 is 5.97 Å². The van der Waals surface area contributed by atoms with E-state index in [0.717, 1.165) is 23.8 Å². The van der Waals surface area contributed by atoms with Gasteiger partial charge in [-0.1, -0.05) is 22.6 Å². The van der Waals surface area contributed by atoms with Crippen LogP contribution in [-0.4, -0.2) is 39.5 Å². The Labute approximate surface area is 79.9 Å². The minimum atomic E-state index is -0.707. The van der Waals surface area contributed by atoms with Crippen LogP contribution >= 0.6 is 22.6 Å². The molecular weight excluding hydrogens is 257 g/mol. The van der Waals surface area contributed by atoms with E-state index in [4.69, 9.17) is 5.11 Å². The molecule has 0 amide bonds. The van der Waals surface area contributed by atoms with Crippen molar-refractivity contribution in [3.05, 3.63) is 0 Å². The van der Waals surface area contributed by atoms with Crippen molar-refractivity contribution in [2.24, 2.45) is 0 Å². The zero-order valence-corrected chi connectivity index (χ0v) is 8.45. The number of alkyl halides is 1. The highest BCUT2D eigenvalue weighted by Gasteiger charge is 2.24. The van der Waals surface area contributed by atoms with Gasteiger partial charge in [-0.15, -0.1) is 0 Å². The molecular formula is C7H12INO2. The number of likely N-dealkylation sites (tertiary alicyclic amines) is 1. The van der Waals surface area contributed by atoms with E-state index in [1.165, 1.54) is 0 Å². The van der Waals surface area contributed by atoms with Gasteiger partial charge in [0.25, 0.3) is 0 Å². The lowest BCUT2D eigenvalue weighted by molar-refractivity contribution is -0.138. The van der Waals surface area contributed by atoms with Gasteiger partial charge in [0.1, 0.15) is 0 Å². The number of rotatable bonds is 3. The van der Waals surface area contributed by atoms with Crippen molar-refractivity contribution < 1.29 is 9.90 Å². The predicted octanol–water partition coefficient (Wildman–Crippen LogP) is 0.970. The molecule has 11 heavy (non-hydrogen) atoms. The number of aliphatic carboxylic acids is 1. The molecule has 1 atom stereocenters. The standard InChI is InChI=1S/C7H12INO2/c8-4-6-2-1-3-9(6)5-7(10)11/h6H,1-5H2,(H,10,11)/t6-/m1/s1. The predicted molar refractivity (Wildman–Crippen MR) is 51.1 cm³/mol. The Morgan fingerprint density at radius 2 is 2.45 bits per heavy atom. The maximum Gasteiger partial charge on any atom is 0.317 e. The Kier molecular flexibility index (Phi) is 3.58. The van der Waals surface area contributed by atoms with Crippen LogP contribution in [0, 0.1) is 0 Å². The lowest BCUT2D eigenvalue weighted by Crippen LogP contribution is -2.35. The molecule has 4 heteroatoms. The number of carbonyl (C=O) groups is 1. The molecule has 3 nitrogen and oxygen atoms in total. The zero-order valence-electron chi connectivity index (χ0n) is 6.29. The Morgan fingerprint density at radius 1 is 1.73 bits per heavy atom. The van der Waals surface area contributed by atoms with E-state index in [1.54, 1.807) is 0 Å². The summed E-state index contributed by atoms with van der Waals surface area (Å²) in [5.74, 6) is -0.707. The number of carboxylic acids is 1. The largest absolute Gasteiger partial charge is 0.480 e. The smallest absolute Gasteiger partial charge is 0.317 e. The van der Waals surface area contributed by atoms with E-state index >= 15 is 0 Å². The van der Waals surface area contributed by atoms with E-state index in [2.05, 4.69) is 27.5 Å². The van der Waals surface area contributed by atoms with E-state index < -0.39 is 5.97 Å². The van der Waals surface area contributed by atoms with Crippen molar-refractivity contribution in [1.29, 1.82) is 0 Å². The van der Waals surface area contributed by atoms with Crippen molar-refractivity contribution in [3.63, 3.8) is 0 Å². The summed E-state index contributed by atoms with van der Waals surface area (Å²) in [7, 11) is 0. The molecule has 1 saturated heterocycles. The Balaban J connectivity index is 2.37. The molecule has 0 aromatic carbocycles. The SMILES string of the molecule is O=C(O)CN1CCC[C@@H]1CI. The van der Waals surface area contributed by atoms with E-state index in [1.807, 2.05) is 0 Å². The van der Waals surface area contributed by atoms with Crippen LogP contribution in [0.1, 0.15) is 12.8 Å². The van der Waals surface area contributed by atoms with Crippen molar-refractivity contribution in [1.82, 2.24) is 4.90 Å². The van der Waals surface area contributed by atoms with Crippen LogP contribution in [0.5, 0.6) is 0 Å². The van der Waals surface area contributed by atoms with Crippen LogP contribution in [0.15, 0.2) is 0 Å². The first-order chi connectivity index (χ1) is 5.24. The molecule has 1 rings (SSSR count). The van der Waals surface area contributed by atoms with Crippen LogP contribution in [0.3, 0.4) is 0 Å². The molecule has 1 aliphatic heterocycles. The van der Waals surface area contributed by atoms with Crippen LogP contribution in [0.25, 0.3) is 0 Å². The minimum absolute atomic E-state index is 0.216. The fourth-order valence-corrected chi connectivity index (χ4v) is 2.45. The van der Waals surface area contributed by atoms with Crippen molar-refractivity contribution in [3.8, 4) is 0 Å². The molecule has 64 valence electrons. The molecule has 0 saturated carbocycles. The van der Waals surface area contributed by atoms with Crippen LogP contribution < -0.4 is 0 Å². The summed E-state index contributed by atoms with van der Waals surface area (Å²) >= 11 is 2.32. The number of nitrogens with zero attached hydrogens (tertiary/aromatic N) is 1. The number of hydrogen-bond donors (Lipinski definition) is 1. The topological polar surface area (TPSA) is 40.5 Å².